The third kappa shape index (κ3) is 6.77. The van der Waals surface area contributed by atoms with Crippen molar-refractivity contribution in [2.24, 2.45) is 0 Å². The molecule has 0 aliphatic carbocycles. The van der Waals surface area contributed by atoms with Crippen LogP contribution in [0.15, 0.2) is 72.8 Å². The van der Waals surface area contributed by atoms with Crippen LogP contribution in [0.4, 0.5) is 4.39 Å². The Morgan fingerprint density at radius 1 is 0.977 bits per heavy atom. The largest absolute Gasteiger partial charge is 0.467 e. The van der Waals surface area contributed by atoms with Gasteiger partial charge in [-0.25, -0.2) is 9.18 Å². The van der Waals surface area contributed by atoms with Crippen LogP contribution in [0.1, 0.15) is 61.4 Å². The SMILES string of the molecule is CCC[C@H](C(=O)N1CCC[C@H]1C(=O)OC)N1C(=O)[C@H](Cc2ccc(F)cc2)O[C@@H](c2ccc(Cl)cc2)[C@H]1c1ccc(Cl)cc1. The molecule has 0 unspecified atom stereocenters. The number of rotatable bonds is 9. The quantitative estimate of drug-likeness (QED) is 0.243. The molecule has 2 fully saturated rings. The van der Waals surface area contributed by atoms with Crippen LogP contribution in [0.25, 0.3) is 0 Å². The number of likely N-dealkylation sites (tertiary alicyclic amines) is 1. The van der Waals surface area contributed by atoms with E-state index in [-0.39, 0.29) is 24.1 Å². The number of benzene rings is 3. The molecule has 232 valence electrons. The molecule has 44 heavy (non-hydrogen) atoms. The van der Waals surface area contributed by atoms with Gasteiger partial charge in [-0.15, -0.1) is 0 Å². The van der Waals surface area contributed by atoms with E-state index in [0.717, 1.165) is 11.1 Å². The summed E-state index contributed by atoms with van der Waals surface area (Å²) in [7, 11) is 1.31. The van der Waals surface area contributed by atoms with Gasteiger partial charge >= 0.3 is 5.97 Å². The molecule has 7 nitrogen and oxygen atoms in total. The number of methoxy groups -OCH3 is 1. The highest BCUT2D eigenvalue weighted by atomic mass is 35.5. The number of hydrogen-bond donors (Lipinski definition) is 0. The molecule has 10 heteroatoms. The summed E-state index contributed by atoms with van der Waals surface area (Å²) in [4.78, 5) is 44.9. The fourth-order valence-electron chi connectivity index (χ4n) is 6.24. The molecule has 5 rings (SSSR count). The number of morpholine rings is 1. The van der Waals surface area contributed by atoms with Crippen molar-refractivity contribution in [3.63, 3.8) is 0 Å². The number of hydrogen-bond acceptors (Lipinski definition) is 5. The highest BCUT2D eigenvalue weighted by Crippen LogP contribution is 2.45. The van der Waals surface area contributed by atoms with Crippen molar-refractivity contribution in [3.8, 4) is 0 Å². The zero-order valence-electron chi connectivity index (χ0n) is 24.6. The van der Waals surface area contributed by atoms with E-state index in [1.54, 1.807) is 46.2 Å². The highest BCUT2D eigenvalue weighted by molar-refractivity contribution is 6.30. The number of ether oxygens (including phenoxy) is 2. The molecule has 0 bridgehead atoms. The second-order valence-corrected chi connectivity index (χ2v) is 12.1. The molecule has 2 aliphatic heterocycles. The summed E-state index contributed by atoms with van der Waals surface area (Å²) >= 11 is 12.5. The lowest BCUT2D eigenvalue weighted by Gasteiger charge is -2.48. The monoisotopic (exact) mass is 640 g/mol. The summed E-state index contributed by atoms with van der Waals surface area (Å²) < 4.78 is 25.4. The first-order valence-electron chi connectivity index (χ1n) is 14.8. The number of carbonyl (C=O) groups is 3. The van der Waals surface area contributed by atoms with Gasteiger partial charge in [0, 0.05) is 23.0 Å². The maximum Gasteiger partial charge on any atom is 0.328 e. The third-order valence-electron chi connectivity index (χ3n) is 8.36. The predicted molar refractivity (Wildman–Crippen MR) is 166 cm³/mol. The molecule has 3 aromatic carbocycles. The topological polar surface area (TPSA) is 76.2 Å². The Morgan fingerprint density at radius 2 is 1.59 bits per heavy atom. The molecule has 3 aromatic rings. The van der Waals surface area contributed by atoms with Crippen LogP contribution in [-0.2, 0) is 30.3 Å². The Bertz CT molecular complexity index is 1470. The zero-order chi connectivity index (χ0) is 31.4. The summed E-state index contributed by atoms with van der Waals surface area (Å²) in [5.74, 6) is -1.51. The maximum atomic E-state index is 14.6. The second kappa shape index (κ2) is 14.1. The van der Waals surface area contributed by atoms with Crippen LogP contribution in [0.3, 0.4) is 0 Å². The minimum absolute atomic E-state index is 0.175. The molecule has 2 heterocycles. The van der Waals surface area contributed by atoms with Crippen LogP contribution in [0, 0.1) is 5.82 Å². The Labute approximate surface area is 266 Å². The Morgan fingerprint density at radius 3 is 2.18 bits per heavy atom. The first-order valence-corrected chi connectivity index (χ1v) is 15.6. The molecular formula is C34H35Cl2FN2O5. The van der Waals surface area contributed by atoms with Crippen molar-refractivity contribution in [3.05, 3.63) is 105 Å². The average Bonchev–Trinajstić information content (AvgIpc) is 3.52. The van der Waals surface area contributed by atoms with Gasteiger partial charge < -0.3 is 19.3 Å². The highest BCUT2D eigenvalue weighted by Gasteiger charge is 2.50. The van der Waals surface area contributed by atoms with Gasteiger partial charge in [0.05, 0.1) is 13.2 Å². The van der Waals surface area contributed by atoms with Gasteiger partial charge in [-0.05, 0) is 72.4 Å². The molecule has 0 radical (unpaired) electrons. The standard InChI is InChI=1S/C34H35Cl2FN2O5/c1-3-5-27(32(40)38-19-4-6-28(38)34(42)43-2)39-30(22-9-13-24(35)14-10-22)31(23-11-15-25(36)16-12-23)44-29(33(39)41)20-21-7-17-26(37)18-8-21/h7-18,27-31H,3-6,19-20H2,1-2H3/t27-,28+,29+,30-,31+/m1/s1. The molecule has 2 aliphatic rings. The van der Waals surface area contributed by atoms with E-state index >= 15 is 0 Å². The molecule has 5 atom stereocenters. The van der Waals surface area contributed by atoms with E-state index in [1.807, 2.05) is 31.2 Å². The van der Waals surface area contributed by atoms with Crippen LogP contribution in [-0.4, -0.2) is 59.4 Å². The lowest BCUT2D eigenvalue weighted by atomic mass is 9.88. The lowest BCUT2D eigenvalue weighted by Crippen LogP contribution is -2.60. The summed E-state index contributed by atoms with van der Waals surface area (Å²) in [6, 6.07) is 18.0. The van der Waals surface area contributed by atoms with E-state index in [2.05, 4.69) is 0 Å². The number of esters is 1. The van der Waals surface area contributed by atoms with E-state index in [4.69, 9.17) is 32.7 Å². The minimum Gasteiger partial charge on any atom is -0.467 e. The maximum absolute atomic E-state index is 14.6. The minimum atomic E-state index is -0.966. The summed E-state index contributed by atoms with van der Waals surface area (Å²) in [6.45, 7) is 2.35. The van der Waals surface area contributed by atoms with Crippen molar-refractivity contribution >= 4 is 41.0 Å². The fraction of sp³-hybridized carbons (Fsp3) is 0.382. The van der Waals surface area contributed by atoms with Crippen molar-refractivity contribution < 1.29 is 28.2 Å². The van der Waals surface area contributed by atoms with Crippen LogP contribution < -0.4 is 0 Å². The van der Waals surface area contributed by atoms with Crippen molar-refractivity contribution in [1.82, 2.24) is 9.80 Å². The molecule has 0 saturated carbocycles. The van der Waals surface area contributed by atoms with Gasteiger partial charge in [-0.2, -0.15) is 0 Å². The Hall–Kier alpha value is -3.46. The fourth-order valence-corrected chi connectivity index (χ4v) is 6.49. The summed E-state index contributed by atoms with van der Waals surface area (Å²) in [5, 5.41) is 1.07. The third-order valence-corrected chi connectivity index (χ3v) is 8.87. The number of halogens is 3. The normalized spacial score (nSPS) is 22.6. The smallest absolute Gasteiger partial charge is 0.328 e. The number of nitrogens with zero attached hydrogens (tertiary/aromatic N) is 2. The lowest BCUT2D eigenvalue weighted by molar-refractivity contribution is -0.183. The van der Waals surface area contributed by atoms with Crippen LogP contribution in [0.5, 0.6) is 0 Å². The second-order valence-electron chi connectivity index (χ2n) is 11.2. The van der Waals surface area contributed by atoms with Crippen LogP contribution in [0.2, 0.25) is 10.0 Å². The molecule has 2 amide bonds. The Kier molecular flexibility index (Phi) is 10.2. The zero-order valence-corrected chi connectivity index (χ0v) is 26.1. The van der Waals surface area contributed by atoms with Gasteiger partial charge in [0.25, 0.3) is 5.91 Å². The molecule has 0 aromatic heterocycles. The number of amides is 2. The molecule has 0 N–H and O–H groups in total. The first kappa shape index (κ1) is 31.9. The van der Waals surface area contributed by atoms with Gasteiger partial charge in [-0.3, -0.25) is 9.59 Å². The summed E-state index contributed by atoms with van der Waals surface area (Å²) in [6.07, 6.45) is 0.660. The van der Waals surface area contributed by atoms with Gasteiger partial charge in [0.2, 0.25) is 5.91 Å². The summed E-state index contributed by atoms with van der Waals surface area (Å²) in [5.41, 5.74) is 2.23. The Balaban J connectivity index is 1.64. The van der Waals surface area contributed by atoms with Gasteiger partial charge in [0.1, 0.15) is 30.1 Å². The van der Waals surface area contributed by atoms with Gasteiger partial charge in [-0.1, -0.05) is 72.9 Å². The van der Waals surface area contributed by atoms with E-state index in [9.17, 15) is 18.8 Å². The number of carbonyl (C=O) groups excluding carboxylic acids is 3. The van der Waals surface area contributed by atoms with Crippen molar-refractivity contribution in [2.45, 2.75) is 69.4 Å². The predicted octanol–water partition coefficient (Wildman–Crippen LogP) is 6.72. The molecule has 2 saturated heterocycles. The average molecular weight is 642 g/mol. The van der Waals surface area contributed by atoms with Gasteiger partial charge in [0.15, 0.2) is 0 Å². The van der Waals surface area contributed by atoms with E-state index in [0.29, 0.717) is 47.8 Å². The van der Waals surface area contributed by atoms with E-state index in [1.165, 1.54) is 19.2 Å². The molecular weight excluding hydrogens is 606 g/mol. The first-order chi connectivity index (χ1) is 21.2. The van der Waals surface area contributed by atoms with Crippen molar-refractivity contribution in [2.75, 3.05) is 13.7 Å². The van der Waals surface area contributed by atoms with Crippen molar-refractivity contribution in [1.29, 1.82) is 0 Å². The molecule has 0 spiro atoms. The van der Waals surface area contributed by atoms with Crippen LogP contribution >= 0.6 is 23.2 Å². The van der Waals surface area contributed by atoms with E-state index < -0.39 is 36.3 Å².